The summed E-state index contributed by atoms with van der Waals surface area (Å²) >= 11 is 0. The molecule has 0 aliphatic heterocycles. The molecule has 0 aliphatic carbocycles. The minimum atomic E-state index is -0.927. The Bertz CT molecular complexity index is 387. The second kappa shape index (κ2) is 6.66. The highest BCUT2D eigenvalue weighted by molar-refractivity contribution is 5.23. The predicted molar refractivity (Wildman–Crippen MR) is 65.6 cm³/mol. The van der Waals surface area contributed by atoms with Crippen LogP contribution in [0.4, 0.5) is 8.78 Å². The van der Waals surface area contributed by atoms with E-state index in [0.29, 0.717) is 13.0 Å². The fourth-order valence-corrected chi connectivity index (χ4v) is 1.61. The zero-order valence-electron chi connectivity index (χ0n) is 10.7. The van der Waals surface area contributed by atoms with Gasteiger partial charge in [0.15, 0.2) is 11.6 Å². The van der Waals surface area contributed by atoms with Crippen LogP contribution in [-0.4, -0.2) is 30.4 Å². The molecule has 0 amide bonds. The van der Waals surface area contributed by atoms with Gasteiger partial charge in [-0.3, -0.25) is 0 Å². The van der Waals surface area contributed by atoms with Crippen LogP contribution in [0.5, 0.6) is 5.75 Å². The van der Waals surface area contributed by atoms with Crippen LogP contribution in [0.2, 0.25) is 0 Å². The second-order valence-electron chi connectivity index (χ2n) is 4.42. The topological polar surface area (TPSA) is 41.5 Å². The standard InChI is InChI=1S/C13H19F2NO2/c1-3-16-13(2,9-17)6-7-18-10-4-5-11(14)12(15)8-10/h4-5,8,16-17H,3,6-7,9H2,1-2H3. The smallest absolute Gasteiger partial charge is 0.162 e. The molecule has 3 nitrogen and oxygen atoms in total. The molecule has 0 bridgehead atoms. The average molecular weight is 259 g/mol. The number of rotatable bonds is 7. The highest BCUT2D eigenvalue weighted by atomic mass is 19.2. The van der Waals surface area contributed by atoms with Gasteiger partial charge in [0, 0.05) is 18.0 Å². The lowest BCUT2D eigenvalue weighted by Gasteiger charge is -2.28. The molecule has 0 heterocycles. The average Bonchev–Trinajstić information content (AvgIpc) is 2.34. The van der Waals surface area contributed by atoms with E-state index in [1.54, 1.807) is 0 Å². The molecule has 18 heavy (non-hydrogen) atoms. The molecule has 0 saturated carbocycles. The van der Waals surface area contributed by atoms with E-state index >= 15 is 0 Å². The highest BCUT2D eigenvalue weighted by Gasteiger charge is 2.21. The van der Waals surface area contributed by atoms with E-state index in [1.807, 2.05) is 13.8 Å². The first-order valence-corrected chi connectivity index (χ1v) is 5.94. The van der Waals surface area contributed by atoms with Gasteiger partial charge in [-0.1, -0.05) is 6.92 Å². The molecule has 0 radical (unpaired) electrons. The van der Waals surface area contributed by atoms with E-state index in [0.717, 1.165) is 18.7 Å². The van der Waals surface area contributed by atoms with Crippen molar-refractivity contribution in [1.29, 1.82) is 0 Å². The quantitative estimate of drug-likeness (QED) is 0.788. The van der Waals surface area contributed by atoms with Crippen LogP contribution in [0, 0.1) is 11.6 Å². The summed E-state index contributed by atoms with van der Waals surface area (Å²) in [4.78, 5) is 0. The van der Waals surface area contributed by atoms with E-state index in [9.17, 15) is 13.9 Å². The zero-order valence-corrected chi connectivity index (χ0v) is 10.7. The largest absolute Gasteiger partial charge is 0.493 e. The Kier molecular flexibility index (Phi) is 5.50. The van der Waals surface area contributed by atoms with Crippen LogP contribution in [0.1, 0.15) is 20.3 Å². The minimum absolute atomic E-state index is 0.0119. The van der Waals surface area contributed by atoms with E-state index in [2.05, 4.69) is 5.32 Å². The maximum Gasteiger partial charge on any atom is 0.162 e. The predicted octanol–water partition coefficient (Wildman–Crippen LogP) is 2.09. The monoisotopic (exact) mass is 259 g/mol. The molecule has 0 saturated heterocycles. The summed E-state index contributed by atoms with van der Waals surface area (Å²) in [5.41, 5.74) is -0.423. The van der Waals surface area contributed by atoms with Crippen molar-refractivity contribution in [3.8, 4) is 5.75 Å². The van der Waals surface area contributed by atoms with Crippen molar-refractivity contribution in [2.24, 2.45) is 0 Å². The fourth-order valence-electron chi connectivity index (χ4n) is 1.61. The highest BCUT2D eigenvalue weighted by Crippen LogP contribution is 2.17. The molecular formula is C13H19F2NO2. The summed E-state index contributed by atoms with van der Waals surface area (Å²) in [5.74, 6) is -1.54. The van der Waals surface area contributed by atoms with Crippen molar-refractivity contribution in [2.75, 3.05) is 19.8 Å². The van der Waals surface area contributed by atoms with Gasteiger partial charge in [-0.25, -0.2) is 8.78 Å². The lowest BCUT2D eigenvalue weighted by atomic mass is 10.00. The molecule has 0 aromatic heterocycles. The van der Waals surface area contributed by atoms with Gasteiger partial charge in [-0.15, -0.1) is 0 Å². The number of halogens is 2. The lowest BCUT2D eigenvalue weighted by Crippen LogP contribution is -2.46. The Morgan fingerprint density at radius 3 is 2.61 bits per heavy atom. The van der Waals surface area contributed by atoms with Crippen molar-refractivity contribution in [3.63, 3.8) is 0 Å². The Labute approximate surface area is 106 Å². The second-order valence-corrected chi connectivity index (χ2v) is 4.42. The Hall–Kier alpha value is -1.20. The normalized spacial score (nSPS) is 14.3. The molecule has 1 unspecified atom stereocenters. The van der Waals surface area contributed by atoms with Gasteiger partial charge in [0.2, 0.25) is 0 Å². The Morgan fingerprint density at radius 1 is 1.33 bits per heavy atom. The van der Waals surface area contributed by atoms with Crippen LogP contribution in [0.15, 0.2) is 18.2 Å². The van der Waals surface area contributed by atoms with E-state index in [-0.39, 0.29) is 12.4 Å². The van der Waals surface area contributed by atoms with Crippen molar-refractivity contribution >= 4 is 0 Å². The first-order chi connectivity index (χ1) is 8.50. The fraction of sp³-hybridized carbons (Fsp3) is 0.538. The summed E-state index contributed by atoms with van der Waals surface area (Å²) < 4.78 is 30.9. The maximum atomic E-state index is 12.9. The van der Waals surface area contributed by atoms with E-state index < -0.39 is 17.2 Å². The summed E-state index contributed by atoms with van der Waals surface area (Å²) in [6, 6.07) is 3.42. The Morgan fingerprint density at radius 2 is 2.06 bits per heavy atom. The van der Waals surface area contributed by atoms with Crippen molar-refractivity contribution in [2.45, 2.75) is 25.8 Å². The van der Waals surface area contributed by atoms with Crippen LogP contribution in [0.25, 0.3) is 0 Å². The third-order valence-corrected chi connectivity index (χ3v) is 2.77. The van der Waals surface area contributed by atoms with Crippen molar-refractivity contribution in [1.82, 2.24) is 5.32 Å². The number of benzene rings is 1. The van der Waals surface area contributed by atoms with Gasteiger partial charge in [0.05, 0.1) is 13.2 Å². The SMILES string of the molecule is CCNC(C)(CO)CCOc1ccc(F)c(F)c1. The molecule has 102 valence electrons. The number of nitrogens with one attached hydrogen (secondary N) is 1. The van der Waals surface area contributed by atoms with Crippen molar-refractivity contribution < 1.29 is 18.6 Å². The summed E-state index contributed by atoms with van der Waals surface area (Å²) in [6.07, 6.45) is 0.566. The minimum Gasteiger partial charge on any atom is -0.493 e. The number of aliphatic hydroxyl groups is 1. The van der Waals surface area contributed by atoms with Crippen LogP contribution >= 0.6 is 0 Å². The zero-order chi connectivity index (χ0) is 13.6. The molecule has 1 atom stereocenters. The maximum absolute atomic E-state index is 12.9. The third kappa shape index (κ3) is 4.23. The number of likely N-dealkylation sites (N-methyl/N-ethyl adjacent to an activating group) is 1. The first kappa shape index (κ1) is 14.9. The molecule has 2 N–H and O–H groups in total. The van der Waals surface area contributed by atoms with Crippen LogP contribution < -0.4 is 10.1 Å². The van der Waals surface area contributed by atoms with Crippen LogP contribution in [0.3, 0.4) is 0 Å². The molecule has 1 aromatic rings. The third-order valence-electron chi connectivity index (χ3n) is 2.77. The number of hydrogen-bond acceptors (Lipinski definition) is 3. The van der Waals surface area contributed by atoms with Gasteiger partial charge in [-0.05, 0) is 25.6 Å². The summed E-state index contributed by atoms with van der Waals surface area (Å²) in [6.45, 7) is 4.87. The van der Waals surface area contributed by atoms with Gasteiger partial charge in [0.1, 0.15) is 5.75 Å². The van der Waals surface area contributed by atoms with Crippen molar-refractivity contribution in [3.05, 3.63) is 29.8 Å². The molecule has 5 heteroatoms. The van der Waals surface area contributed by atoms with Gasteiger partial charge >= 0.3 is 0 Å². The van der Waals surface area contributed by atoms with Gasteiger partial charge in [-0.2, -0.15) is 0 Å². The molecule has 0 fully saturated rings. The first-order valence-electron chi connectivity index (χ1n) is 5.94. The number of ether oxygens (including phenoxy) is 1. The Balaban J connectivity index is 2.47. The molecule has 0 spiro atoms. The van der Waals surface area contributed by atoms with Crippen LogP contribution in [-0.2, 0) is 0 Å². The molecule has 1 aromatic carbocycles. The number of hydrogen-bond donors (Lipinski definition) is 2. The molecule has 0 aliphatic rings. The lowest BCUT2D eigenvalue weighted by molar-refractivity contribution is 0.145. The summed E-state index contributed by atoms with van der Waals surface area (Å²) in [5, 5.41) is 12.4. The van der Waals surface area contributed by atoms with Gasteiger partial charge < -0.3 is 15.2 Å². The molecular weight excluding hydrogens is 240 g/mol. The summed E-state index contributed by atoms with van der Waals surface area (Å²) in [7, 11) is 0. The van der Waals surface area contributed by atoms with E-state index in [1.165, 1.54) is 6.07 Å². The number of aliphatic hydroxyl groups excluding tert-OH is 1. The van der Waals surface area contributed by atoms with Gasteiger partial charge in [0.25, 0.3) is 0 Å². The molecule has 1 rings (SSSR count). The van der Waals surface area contributed by atoms with E-state index in [4.69, 9.17) is 4.74 Å².